The van der Waals surface area contributed by atoms with Crippen LogP contribution in [-0.2, 0) is 4.79 Å². The summed E-state index contributed by atoms with van der Waals surface area (Å²) in [5.41, 5.74) is 1.91. The van der Waals surface area contributed by atoms with Crippen LogP contribution in [0, 0.1) is 0 Å². The van der Waals surface area contributed by atoms with E-state index in [1.165, 1.54) is 0 Å². The number of amides is 1. The zero-order valence-electron chi connectivity index (χ0n) is 16.8. The molecule has 1 N–H and O–H groups in total. The zero-order chi connectivity index (χ0) is 20.9. The van der Waals surface area contributed by atoms with Gasteiger partial charge < -0.3 is 15.0 Å². The number of thiophene rings is 1. The van der Waals surface area contributed by atoms with E-state index in [0.29, 0.717) is 13.0 Å². The quantitative estimate of drug-likeness (QED) is 0.466. The van der Waals surface area contributed by atoms with Gasteiger partial charge in [0.25, 0.3) is 0 Å². The zero-order valence-corrected chi connectivity index (χ0v) is 17.6. The van der Waals surface area contributed by atoms with E-state index in [2.05, 4.69) is 33.5 Å². The Labute approximate surface area is 179 Å². The number of ether oxygens (including phenoxy) is 1. The molecule has 30 heavy (non-hydrogen) atoms. The molecule has 0 aliphatic rings. The van der Waals surface area contributed by atoms with Gasteiger partial charge >= 0.3 is 0 Å². The Morgan fingerprint density at radius 1 is 1.10 bits per heavy atom. The van der Waals surface area contributed by atoms with E-state index in [1.807, 2.05) is 54.4 Å². The Hall–Kier alpha value is -3.45. The monoisotopic (exact) mass is 418 g/mol. The molecule has 1 amide bonds. The molecule has 0 spiro atoms. The first-order valence-electron chi connectivity index (χ1n) is 9.59. The average Bonchev–Trinajstić information content (AvgIpc) is 3.23. The molecular formula is C23H22N4O2S. The number of carbonyl (C=O) groups excluding carboxylic acids is 1. The van der Waals surface area contributed by atoms with Gasteiger partial charge in [-0.3, -0.25) is 4.79 Å². The number of rotatable bonds is 7. The van der Waals surface area contributed by atoms with Crippen molar-refractivity contribution in [3.63, 3.8) is 0 Å². The second-order valence-electron chi connectivity index (χ2n) is 6.84. The maximum Gasteiger partial charge on any atom is 0.226 e. The van der Waals surface area contributed by atoms with Crippen LogP contribution in [0.3, 0.4) is 0 Å². The maximum atomic E-state index is 12.4. The number of aromatic nitrogens is 2. The summed E-state index contributed by atoms with van der Waals surface area (Å²) in [6, 6.07) is 19.7. The maximum absolute atomic E-state index is 12.4. The summed E-state index contributed by atoms with van der Waals surface area (Å²) in [6.07, 6.45) is 1.93. The first kappa shape index (κ1) is 19.8. The van der Waals surface area contributed by atoms with Crippen LogP contribution in [0.4, 0.5) is 11.5 Å². The third-order valence-electron chi connectivity index (χ3n) is 4.78. The summed E-state index contributed by atoms with van der Waals surface area (Å²) in [5, 5.41) is 3.91. The Bertz CT molecular complexity index is 1140. The van der Waals surface area contributed by atoms with Gasteiger partial charge in [0.05, 0.1) is 12.5 Å². The summed E-state index contributed by atoms with van der Waals surface area (Å²) < 4.78 is 5.14. The molecule has 0 atom stereocenters. The van der Waals surface area contributed by atoms with Crippen LogP contribution in [0.15, 0.2) is 67.0 Å². The summed E-state index contributed by atoms with van der Waals surface area (Å²) in [6.45, 7) is 0.546. The molecule has 2 aromatic carbocycles. The lowest BCUT2D eigenvalue weighted by molar-refractivity contribution is -0.116. The highest BCUT2D eigenvalue weighted by Crippen LogP contribution is 2.35. The third kappa shape index (κ3) is 4.41. The lowest BCUT2D eigenvalue weighted by Gasteiger charge is -2.18. The van der Waals surface area contributed by atoms with Crippen molar-refractivity contribution in [2.75, 3.05) is 30.9 Å². The predicted molar refractivity (Wildman–Crippen MR) is 122 cm³/mol. The van der Waals surface area contributed by atoms with Gasteiger partial charge in [-0.25, -0.2) is 9.97 Å². The standard InChI is InChI=1S/C23H22N4O2S/c1-27(13-12-21(28)26-17-8-10-18(29-2)11-9-17)22-19-14-20(16-6-4-3-5-7-16)30-23(19)25-15-24-22/h3-11,14-15H,12-13H2,1-2H3,(H,26,28). The summed E-state index contributed by atoms with van der Waals surface area (Å²) in [5.74, 6) is 1.54. The first-order chi connectivity index (χ1) is 14.6. The predicted octanol–water partition coefficient (Wildman–Crippen LogP) is 4.83. The van der Waals surface area contributed by atoms with Gasteiger partial charge in [0.2, 0.25) is 5.91 Å². The number of carbonyl (C=O) groups is 1. The molecule has 4 aromatic rings. The molecule has 0 unspecified atom stereocenters. The van der Waals surface area contributed by atoms with E-state index in [0.717, 1.165) is 37.9 Å². The van der Waals surface area contributed by atoms with Crippen LogP contribution < -0.4 is 15.0 Å². The lowest BCUT2D eigenvalue weighted by atomic mass is 10.2. The van der Waals surface area contributed by atoms with Gasteiger partial charge in [-0.2, -0.15) is 0 Å². The Kier molecular flexibility index (Phi) is 5.90. The molecule has 0 radical (unpaired) electrons. The molecule has 0 saturated carbocycles. The van der Waals surface area contributed by atoms with Crippen LogP contribution in [0.2, 0.25) is 0 Å². The van der Waals surface area contributed by atoms with Crippen molar-refractivity contribution in [3.8, 4) is 16.2 Å². The van der Waals surface area contributed by atoms with Crippen molar-refractivity contribution < 1.29 is 9.53 Å². The van der Waals surface area contributed by atoms with E-state index in [1.54, 1.807) is 24.8 Å². The summed E-state index contributed by atoms with van der Waals surface area (Å²) in [4.78, 5) is 25.3. The normalized spacial score (nSPS) is 10.7. The molecule has 6 nitrogen and oxygen atoms in total. The van der Waals surface area contributed by atoms with Crippen LogP contribution in [-0.4, -0.2) is 36.6 Å². The molecular weight excluding hydrogens is 396 g/mol. The number of anilines is 2. The lowest BCUT2D eigenvalue weighted by Crippen LogP contribution is -2.24. The number of nitrogens with one attached hydrogen (secondary N) is 1. The number of hydrogen-bond donors (Lipinski definition) is 1. The minimum atomic E-state index is -0.0485. The Balaban J connectivity index is 1.44. The van der Waals surface area contributed by atoms with Crippen LogP contribution in [0.5, 0.6) is 5.75 Å². The second-order valence-corrected chi connectivity index (χ2v) is 7.87. The van der Waals surface area contributed by atoms with Gasteiger partial charge in [0.15, 0.2) is 0 Å². The highest BCUT2D eigenvalue weighted by Gasteiger charge is 2.14. The molecule has 2 heterocycles. The van der Waals surface area contributed by atoms with Crippen molar-refractivity contribution in [2.45, 2.75) is 6.42 Å². The highest BCUT2D eigenvalue weighted by molar-refractivity contribution is 7.21. The number of fused-ring (bicyclic) bond motifs is 1. The molecule has 152 valence electrons. The van der Waals surface area contributed by atoms with Crippen LogP contribution in [0.25, 0.3) is 20.7 Å². The number of hydrogen-bond acceptors (Lipinski definition) is 6. The fourth-order valence-corrected chi connectivity index (χ4v) is 4.16. The fraction of sp³-hybridized carbons (Fsp3) is 0.174. The first-order valence-corrected chi connectivity index (χ1v) is 10.4. The largest absolute Gasteiger partial charge is 0.497 e. The van der Waals surface area contributed by atoms with E-state index < -0.39 is 0 Å². The number of nitrogens with zero attached hydrogens (tertiary/aromatic N) is 3. The van der Waals surface area contributed by atoms with Gasteiger partial charge in [-0.05, 0) is 35.9 Å². The minimum Gasteiger partial charge on any atom is -0.497 e. The number of benzene rings is 2. The smallest absolute Gasteiger partial charge is 0.226 e. The highest BCUT2D eigenvalue weighted by atomic mass is 32.1. The molecule has 4 rings (SSSR count). The molecule has 0 bridgehead atoms. The van der Waals surface area contributed by atoms with E-state index in [-0.39, 0.29) is 5.91 Å². The van der Waals surface area contributed by atoms with Crippen LogP contribution in [0.1, 0.15) is 6.42 Å². The Morgan fingerprint density at radius 2 is 1.87 bits per heavy atom. The molecule has 0 aliphatic carbocycles. The van der Waals surface area contributed by atoms with Gasteiger partial charge in [0, 0.05) is 30.6 Å². The van der Waals surface area contributed by atoms with Crippen molar-refractivity contribution in [3.05, 3.63) is 67.0 Å². The minimum absolute atomic E-state index is 0.0485. The third-order valence-corrected chi connectivity index (χ3v) is 5.87. The van der Waals surface area contributed by atoms with Crippen molar-refractivity contribution in [1.29, 1.82) is 0 Å². The van der Waals surface area contributed by atoms with E-state index >= 15 is 0 Å². The van der Waals surface area contributed by atoms with Crippen molar-refractivity contribution >= 4 is 39.0 Å². The van der Waals surface area contributed by atoms with Crippen LogP contribution >= 0.6 is 11.3 Å². The molecule has 0 saturated heterocycles. The molecule has 0 aliphatic heterocycles. The average molecular weight is 419 g/mol. The topological polar surface area (TPSA) is 67.3 Å². The van der Waals surface area contributed by atoms with E-state index in [4.69, 9.17) is 4.74 Å². The SMILES string of the molecule is COc1ccc(NC(=O)CCN(C)c2ncnc3sc(-c4ccccc4)cc23)cc1. The second kappa shape index (κ2) is 8.92. The van der Waals surface area contributed by atoms with Crippen molar-refractivity contribution in [1.82, 2.24) is 9.97 Å². The van der Waals surface area contributed by atoms with Crippen molar-refractivity contribution in [2.24, 2.45) is 0 Å². The Morgan fingerprint density at radius 3 is 2.60 bits per heavy atom. The van der Waals surface area contributed by atoms with Gasteiger partial charge in [0.1, 0.15) is 22.7 Å². The molecule has 7 heteroatoms. The van der Waals surface area contributed by atoms with E-state index in [9.17, 15) is 4.79 Å². The number of methoxy groups -OCH3 is 1. The van der Waals surface area contributed by atoms with Gasteiger partial charge in [-0.15, -0.1) is 11.3 Å². The molecule has 0 fully saturated rings. The summed E-state index contributed by atoms with van der Waals surface area (Å²) >= 11 is 1.64. The fourth-order valence-electron chi connectivity index (χ4n) is 3.16. The van der Waals surface area contributed by atoms with Gasteiger partial charge in [-0.1, -0.05) is 30.3 Å². The molecule has 2 aromatic heterocycles. The summed E-state index contributed by atoms with van der Waals surface area (Å²) in [7, 11) is 3.56.